The van der Waals surface area contributed by atoms with Crippen LogP contribution in [0.5, 0.6) is 0 Å². The number of allylic oxidation sites excluding steroid dienone is 2. The average Bonchev–Trinajstić information content (AvgIpc) is 2.67. The number of nitrogens with one attached hydrogen (secondary N) is 1. The quantitative estimate of drug-likeness (QED) is 0.641. The van der Waals surface area contributed by atoms with Gasteiger partial charge in [-0.15, -0.1) is 5.01 Å². The lowest BCUT2D eigenvalue weighted by Gasteiger charge is -2.55. The molecule has 1 saturated carbocycles. The van der Waals surface area contributed by atoms with E-state index in [2.05, 4.69) is 30.3 Å². The van der Waals surface area contributed by atoms with Gasteiger partial charge >= 0.3 is 6.03 Å². The minimum atomic E-state index is -0.823. The van der Waals surface area contributed by atoms with Gasteiger partial charge in [0.05, 0.1) is 6.21 Å². The summed E-state index contributed by atoms with van der Waals surface area (Å²) in [4.78, 5) is 24.2. The van der Waals surface area contributed by atoms with E-state index >= 15 is 0 Å². The maximum atomic E-state index is 12.3. The van der Waals surface area contributed by atoms with Crippen molar-refractivity contribution in [1.29, 1.82) is 0 Å². The van der Waals surface area contributed by atoms with Gasteiger partial charge in [0.25, 0.3) is 5.91 Å². The lowest BCUT2D eigenvalue weighted by Crippen LogP contribution is -2.48. The van der Waals surface area contributed by atoms with Gasteiger partial charge in [0.15, 0.2) is 0 Å². The first kappa shape index (κ1) is 14.3. The molecule has 0 aromatic carbocycles. The third-order valence-corrected chi connectivity index (χ3v) is 5.78. The molecule has 0 spiro atoms. The van der Waals surface area contributed by atoms with E-state index in [9.17, 15) is 9.59 Å². The molecular weight excluding hydrogens is 266 g/mol. The predicted molar refractivity (Wildman–Crippen MR) is 80.6 cm³/mol. The van der Waals surface area contributed by atoms with Crippen molar-refractivity contribution in [1.82, 2.24) is 10.3 Å². The van der Waals surface area contributed by atoms with Crippen molar-refractivity contribution in [3.8, 4) is 0 Å². The fraction of sp³-hybridized carbons (Fsp3) is 0.688. The van der Waals surface area contributed by atoms with Crippen LogP contribution in [0.15, 0.2) is 16.8 Å². The van der Waals surface area contributed by atoms with E-state index in [1.807, 2.05) is 6.92 Å². The van der Waals surface area contributed by atoms with Crippen LogP contribution in [0, 0.1) is 17.3 Å². The minimum Gasteiger partial charge on any atom is -0.322 e. The SMILES string of the molecule is CC[C@@]1(C)NC(=O)N(/N=C\C2=CC[C@H]3C[C@@H]2C3(C)C)C1=O. The molecular formula is C16H23N3O2. The average molecular weight is 289 g/mol. The second-order valence-corrected chi connectivity index (χ2v) is 7.22. The molecule has 0 radical (unpaired) electrons. The molecule has 2 fully saturated rings. The van der Waals surface area contributed by atoms with Crippen molar-refractivity contribution < 1.29 is 9.59 Å². The highest BCUT2D eigenvalue weighted by Crippen LogP contribution is 2.58. The zero-order valence-electron chi connectivity index (χ0n) is 13.1. The van der Waals surface area contributed by atoms with Gasteiger partial charge in [-0.1, -0.05) is 26.8 Å². The first-order valence-electron chi connectivity index (χ1n) is 7.70. The van der Waals surface area contributed by atoms with Crippen LogP contribution in [0.2, 0.25) is 0 Å². The second kappa shape index (κ2) is 4.42. The number of urea groups is 1. The molecule has 0 unspecified atom stereocenters. The number of amides is 3. The fourth-order valence-corrected chi connectivity index (χ4v) is 3.68. The Bertz CT molecular complexity index is 564. The standard InChI is InChI=1S/C16H23N3O2/c1-5-16(4)13(20)19(14(21)18-16)17-9-10-6-7-11-8-12(10)15(11,2)3/h6,9,11-12H,5,7-8H2,1-4H3,(H,18,21)/b17-9-/t11-,12-,16+/m0/s1. The summed E-state index contributed by atoms with van der Waals surface area (Å²) in [6.45, 7) is 8.19. The summed E-state index contributed by atoms with van der Waals surface area (Å²) >= 11 is 0. The zero-order chi connectivity index (χ0) is 15.4. The van der Waals surface area contributed by atoms with E-state index < -0.39 is 11.6 Å². The predicted octanol–water partition coefficient (Wildman–Crippen LogP) is 2.69. The van der Waals surface area contributed by atoms with Gasteiger partial charge in [-0.2, -0.15) is 5.10 Å². The second-order valence-electron chi connectivity index (χ2n) is 7.22. The molecule has 4 rings (SSSR count). The van der Waals surface area contributed by atoms with Crippen LogP contribution in [0.1, 0.15) is 47.0 Å². The Balaban J connectivity index is 1.77. The van der Waals surface area contributed by atoms with Crippen LogP contribution in [0.25, 0.3) is 0 Å². The smallest absolute Gasteiger partial charge is 0.322 e. The van der Waals surface area contributed by atoms with E-state index in [1.165, 1.54) is 6.42 Å². The molecule has 21 heavy (non-hydrogen) atoms. The number of hydrazone groups is 1. The summed E-state index contributed by atoms with van der Waals surface area (Å²) < 4.78 is 0. The molecule has 3 atom stereocenters. The molecule has 3 amide bonds. The van der Waals surface area contributed by atoms with Crippen LogP contribution < -0.4 is 5.32 Å². The lowest BCUT2D eigenvalue weighted by atomic mass is 9.49. The Morgan fingerprint density at radius 3 is 2.67 bits per heavy atom. The molecule has 3 aliphatic carbocycles. The van der Waals surface area contributed by atoms with Gasteiger partial charge < -0.3 is 5.32 Å². The number of fused-ring (bicyclic) bond motifs is 1. The number of rotatable bonds is 3. The van der Waals surface area contributed by atoms with Crippen LogP contribution >= 0.6 is 0 Å². The molecule has 5 nitrogen and oxygen atoms in total. The first-order valence-corrected chi connectivity index (χ1v) is 7.70. The Morgan fingerprint density at radius 2 is 2.14 bits per heavy atom. The molecule has 2 bridgehead atoms. The number of carbonyl (C=O) groups is 2. The fourth-order valence-electron chi connectivity index (χ4n) is 3.68. The van der Waals surface area contributed by atoms with Crippen molar-refractivity contribution in [2.24, 2.45) is 22.4 Å². The van der Waals surface area contributed by atoms with Crippen LogP contribution in [0.3, 0.4) is 0 Å². The van der Waals surface area contributed by atoms with Crippen LogP contribution in [-0.4, -0.2) is 28.7 Å². The van der Waals surface area contributed by atoms with Crippen molar-refractivity contribution >= 4 is 18.2 Å². The minimum absolute atomic E-state index is 0.270. The Labute approximate surface area is 125 Å². The number of nitrogens with zero attached hydrogens (tertiary/aromatic N) is 2. The van der Waals surface area contributed by atoms with Gasteiger partial charge in [0, 0.05) is 0 Å². The third-order valence-electron chi connectivity index (χ3n) is 5.78. The van der Waals surface area contributed by atoms with Crippen LogP contribution in [-0.2, 0) is 4.79 Å². The molecule has 0 aromatic rings. The summed E-state index contributed by atoms with van der Waals surface area (Å²) in [5.41, 5.74) is 0.648. The number of imide groups is 1. The van der Waals surface area contributed by atoms with E-state index in [1.54, 1.807) is 13.1 Å². The lowest BCUT2D eigenvalue weighted by molar-refractivity contribution is -0.130. The van der Waals surface area contributed by atoms with Crippen molar-refractivity contribution in [3.63, 3.8) is 0 Å². The van der Waals surface area contributed by atoms with Gasteiger partial charge in [-0.25, -0.2) is 4.79 Å². The van der Waals surface area contributed by atoms with Crippen molar-refractivity contribution in [3.05, 3.63) is 11.6 Å². The molecule has 0 aromatic heterocycles. The first-order chi connectivity index (χ1) is 9.79. The van der Waals surface area contributed by atoms with Crippen molar-refractivity contribution in [2.45, 2.75) is 52.5 Å². The normalized spacial score (nSPS) is 37.5. The number of carbonyl (C=O) groups excluding carboxylic acids is 2. The molecule has 114 valence electrons. The van der Waals surface area contributed by atoms with E-state index in [0.29, 0.717) is 17.8 Å². The van der Waals surface area contributed by atoms with Gasteiger partial charge in [0.2, 0.25) is 0 Å². The highest BCUT2D eigenvalue weighted by molar-refractivity contribution is 6.07. The molecule has 5 heteroatoms. The van der Waals surface area contributed by atoms with E-state index in [4.69, 9.17) is 0 Å². The van der Waals surface area contributed by atoms with Gasteiger partial charge in [-0.05, 0) is 49.0 Å². The largest absolute Gasteiger partial charge is 0.346 e. The monoisotopic (exact) mass is 289 g/mol. The maximum absolute atomic E-state index is 12.3. The maximum Gasteiger partial charge on any atom is 0.346 e. The Hall–Kier alpha value is -1.65. The molecule has 1 saturated heterocycles. The summed E-state index contributed by atoms with van der Waals surface area (Å²) in [5.74, 6) is 0.992. The van der Waals surface area contributed by atoms with Crippen molar-refractivity contribution in [2.75, 3.05) is 0 Å². The summed E-state index contributed by atoms with van der Waals surface area (Å²) in [6.07, 6.45) is 6.73. The molecule has 1 aliphatic heterocycles. The summed E-state index contributed by atoms with van der Waals surface area (Å²) in [7, 11) is 0. The Morgan fingerprint density at radius 1 is 1.43 bits per heavy atom. The van der Waals surface area contributed by atoms with Gasteiger partial charge in [0.1, 0.15) is 5.54 Å². The highest BCUT2D eigenvalue weighted by Gasteiger charge is 2.51. The molecule has 4 aliphatic rings. The number of hydrogen-bond donors (Lipinski definition) is 1. The van der Waals surface area contributed by atoms with E-state index in [0.717, 1.165) is 22.9 Å². The molecule has 1 N–H and O–H groups in total. The Kier molecular flexibility index (Phi) is 3.01. The zero-order valence-corrected chi connectivity index (χ0v) is 13.1. The molecule has 1 heterocycles. The number of hydrogen-bond acceptors (Lipinski definition) is 3. The summed E-state index contributed by atoms with van der Waals surface area (Å²) in [6, 6.07) is -0.428. The third kappa shape index (κ3) is 1.93. The summed E-state index contributed by atoms with van der Waals surface area (Å²) in [5, 5.41) is 7.85. The van der Waals surface area contributed by atoms with E-state index in [-0.39, 0.29) is 5.91 Å². The topological polar surface area (TPSA) is 61.8 Å². The van der Waals surface area contributed by atoms with Gasteiger partial charge in [-0.3, -0.25) is 4.79 Å². The highest BCUT2D eigenvalue weighted by atomic mass is 16.2. The van der Waals surface area contributed by atoms with Crippen LogP contribution in [0.4, 0.5) is 4.79 Å².